The van der Waals surface area contributed by atoms with E-state index < -0.39 is 5.83 Å². The van der Waals surface area contributed by atoms with E-state index in [0.717, 1.165) is 16.8 Å². The summed E-state index contributed by atoms with van der Waals surface area (Å²) in [6.45, 7) is 9.54. The van der Waals surface area contributed by atoms with Crippen molar-refractivity contribution in [2.75, 3.05) is 0 Å². The van der Waals surface area contributed by atoms with Crippen molar-refractivity contribution in [2.45, 2.75) is 27.3 Å². The van der Waals surface area contributed by atoms with Gasteiger partial charge in [0.15, 0.2) is 0 Å². The topological polar surface area (TPSA) is 74.3 Å². The summed E-state index contributed by atoms with van der Waals surface area (Å²) in [5.41, 5.74) is 9.17. The lowest BCUT2D eigenvalue weighted by atomic mass is 10.1. The molecule has 0 aliphatic rings. The van der Waals surface area contributed by atoms with E-state index in [1.54, 1.807) is 20.0 Å². The fourth-order valence-corrected chi connectivity index (χ4v) is 2.00. The molecule has 0 aliphatic heterocycles. The summed E-state index contributed by atoms with van der Waals surface area (Å²) in [5, 5.41) is 10.7. The zero-order valence-corrected chi connectivity index (χ0v) is 13.8. The summed E-state index contributed by atoms with van der Waals surface area (Å²) in [6.07, 6.45) is 4.17. The normalized spacial score (nSPS) is 13.0. The van der Waals surface area contributed by atoms with Crippen LogP contribution in [0.3, 0.4) is 0 Å². The third-order valence-electron chi connectivity index (χ3n) is 3.38. The van der Waals surface area contributed by atoms with Crippen molar-refractivity contribution in [1.29, 1.82) is 5.41 Å². The fraction of sp³-hybridized carbons (Fsp3) is 0.222. The smallest absolute Gasteiger partial charge is 0.124 e. The Balaban J connectivity index is 3.25. The van der Waals surface area contributed by atoms with E-state index in [-0.39, 0.29) is 11.4 Å². The van der Waals surface area contributed by atoms with Gasteiger partial charge in [0.25, 0.3) is 0 Å². The third kappa shape index (κ3) is 5.21. The van der Waals surface area contributed by atoms with Gasteiger partial charge < -0.3 is 11.1 Å². The largest absolute Gasteiger partial charge is 0.387 e. The van der Waals surface area contributed by atoms with Crippen molar-refractivity contribution in [1.82, 2.24) is 5.32 Å². The van der Waals surface area contributed by atoms with E-state index in [9.17, 15) is 4.39 Å². The number of aliphatic imine (C=N–C) groups is 1. The number of amidine groups is 1. The molecule has 0 saturated carbocycles. The molecule has 0 aliphatic carbocycles. The highest BCUT2D eigenvalue weighted by Crippen LogP contribution is 2.23. The van der Waals surface area contributed by atoms with Gasteiger partial charge in [0.2, 0.25) is 0 Å². The molecule has 0 saturated heterocycles. The van der Waals surface area contributed by atoms with Crippen LogP contribution in [0, 0.1) is 12.3 Å². The summed E-state index contributed by atoms with van der Waals surface area (Å²) in [5.74, 6) is -0.671. The summed E-state index contributed by atoms with van der Waals surface area (Å²) in [6, 6.07) is 5.78. The average molecular weight is 314 g/mol. The van der Waals surface area contributed by atoms with Crippen molar-refractivity contribution in [3.05, 3.63) is 65.7 Å². The first-order valence-electron chi connectivity index (χ1n) is 7.27. The van der Waals surface area contributed by atoms with E-state index in [1.165, 1.54) is 12.2 Å². The first-order valence-corrected chi connectivity index (χ1v) is 7.27. The number of allylic oxidation sites excluding steroid dienone is 3. The molecule has 4 N–H and O–H groups in total. The number of halogens is 1. The lowest BCUT2D eigenvalue weighted by Gasteiger charge is -2.10. The van der Waals surface area contributed by atoms with E-state index >= 15 is 0 Å². The zero-order valence-electron chi connectivity index (χ0n) is 13.8. The van der Waals surface area contributed by atoms with Gasteiger partial charge in [-0.3, -0.25) is 10.4 Å². The van der Waals surface area contributed by atoms with Crippen LogP contribution in [0.25, 0.3) is 0 Å². The second kappa shape index (κ2) is 8.68. The molecular weight excluding hydrogens is 291 g/mol. The molecule has 1 aromatic carbocycles. The number of nitrogens with zero attached hydrogens (tertiary/aromatic N) is 1. The van der Waals surface area contributed by atoms with Gasteiger partial charge in [-0.25, -0.2) is 4.39 Å². The minimum absolute atomic E-state index is 0.217. The van der Waals surface area contributed by atoms with Gasteiger partial charge in [0, 0.05) is 17.8 Å². The number of nitrogens with one attached hydrogen (secondary N) is 2. The monoisotopic (exact) mass is 314 g/mol. The molecule has 0 bridgehead atoms. The SMILES string of the molecule is C=CNCc1cccc(N=C(C)/C(=C\C(F)=C\C)C(=N)N)c1C. The molecule has 1 rings (SSSR count). The van der Waals surface area contributed by atoms with Crippen molar-refractivity contribution >= 4 is 17.2 Å². The highest BCUT2D eigenvalue weighted by molar-refractivity contribution is 6.22. The molecule has 0 aromatic heterocycles. The molecule has 0 spiro atoms. The molecule has 1 aromatic rings. The highest BCUT2D eigenvalue weighted by atomic mass is 19.1. The summed E-state index contributed by atoms with van der Waals surface area (Å²) < 4.78 is 13.5. The first-order chi connectivity index (χ1) is 10.9. The van der Waals surface area contributed by atoms with Crippen molar-refractivity contribution in [2.24, 2.45) is 10.7 Å². The molecule has 23 heavy (non-hydrogen) atoms. The van der Waals surface area contributed by atoms with Gasteiger partial charge in [-0.2, -0.15) is 0 Å². The average Bonchev–Trinajstić information content (AvgIpc) is 2.52. The number of hydrogen-bond acceptors (Lipinski definition) is 3. The number of hydrogen-bond donors (Lipinski definition) is 3. The van der Waals surface area contributed by atoms with Crippen LogP contribution in [0.5, 0.6) is 0 Å². The third-order valence-corrected chi connectivity index (χ3v) is 3.38. The Morgan fingerprint density at radius 2 is 2.17 bits per heavy atom. The Labute approximate surface area is 136 Å². The number of rotatable bonds is 7. The molecule has 0 atom stereocenters. The van der Waals surface area contributed by atoms with Crippen LogP contribution >= 0.6 is 0 Å². The number of benzene rings is 1. The molecule has 0 amide bonds. The van der Waals surface area contributed by atoms with Crippen LogP contribution in [0.4, 0.5) is 10.1 Å². The van der Waals surface area contributed by atoms with Crippen LogP contribution < -0.4 is 11.1 Å². The lowest BCUT2D eigenvalue weighted by molar-refractivity contribution is 0.664. The molecular formula is C18H23FN4. The molecule has 0 heterocycles. The van der Waals surface area contributed by atoms with Gasteiger partial charge in [0.05, 0.1) is 5.69 Å². The molecule has 0 fully saturated rings. The second-order valence-electron chi connectivity index (χ2n) is 4.99. The molecule has 5 heteroatoms. The van der Waals surface area contributed by atoms with Gasteiger partial charge in [0.1, 0.15) is 11.7 Å². The quantitative estimate of drug-likeness (QED) is 0.403. The van der Waals surface area contributed by atoms with Gasteiger partial charge in [-0.1, -0.05) is 24.8 Å². The Morgan fingerprint density at radius 1 is 1.48 bits per heavy atom. The van der Waals surface area contributed by atoms with Crippen molar-refractivity contribution in [3.8, 4) is 0 Å². The van der Waals surface area contributed by atoms with Crippen molar-refractivity contribution < 1.29 is 4.39 Å². The molecule has 4 nitrogen and oxygen atoms in total. The predicted molar refractivity (Wildman–Crippen MR) is 95.8 cm³/mol. The summed E-state index contributed by atoms with van der Waals surface area (Å²) >= 11 is 0. The van der Waals surface area contributed by atoms with E-state index in [0.29, 0.717) is 12.3 Å². The predicted octanol–water partition coefficient (Wildman–Crippen LogP) is 4.06. The minimum Gasteiger partial charge on any atom is -0.387 e. The van der Waals surface area contributed by atoms with Crippen LogP contribution in [0.1, 0.15) is 25.0 Å². The standard InChI is InChI=1S/C18H23FN4/c1-5-15(19)10-16(18(20)21)13(4)23-17-9-7-8-14(12(17)3)11-22-6-2/h5-10,22H,2,11H2,1,3-4H3,(H3,20,21)/b15-5-,16-10+,23-13?. The number of nitrogens with two attached hydrogens (primary N) is 1. The summed E-state index contributed by atoms with van der Waals surface area (Å²) in [7, 11) is 0. The van der Waals surface area contributed by atoms with Crippen LogP contribution in [0.2, 0.25) is 0 Å². The van der Waals surface area contributed by atoms with E-state index in [2.05, 4.69) is 16.9 Å². The second-order valence-corrected chi connectivity index (χ2v) is 4.99. The maximum atomic E-state index is 13.5. The Morgan fingerprint density at radius 3 is 2.74 bits per heavy atom. The van der Waals surface area contributed by atoms with Crippen LogP contribution in [-0.4, -0.2) is 11.5 Å². The van der Waals surface area contributed by atoms with E-state index in [1.807, 2.05) is 25.1 Å². The minimum atomic E-state index is -0.453. The van der Waals surface area contributed by atoms with E-state index in [4.69, 9.17) is 11.1 Å². The summed E-state index contributed by atoms with van der Waals surface area (Å²) in [4.78, 5) is 4.52. The zero-order chi connectivity index (χ0) is 17.4. The van der Waals surface area contributed by atoms with Crippen LogP contribution in [0.15, 0.2) is 59.5 Å². The van der Waals surface area contributed by atoms with Crippen LogP contribution in [-0.2, 0) is 6.54 Å². The maximum Gasteiger partial charge on any atom is 0.124 e. The van der Waals surface area contributed by atoms with Gasteiger partial charge >= 0.3 is 0 Å². The molecule has 0 radical (unpaired) electrons. The lowest BCUT2D eigenvalue weighted by Crippen LogP contribution is -2.18. The fourth-order valence-electron chi connectivity index (χ4n) is 2.00. The van der Waals surface area contributed by atoms with Gasteiger partial charge in [-0.15, -0.1) is 0 Å². The Hall–Kier alpha value is -2.69. The maximum absolute atomic E-state index is 13.5. The molecule has 122 valence electrons. The Kier molecular flexibility index (Phi) is 6.93. The van der Waals surface area contributed by atoms with Gasteiger partial charge in [-0.05, 0) is 50.2 Å². The van der Waals surface area contributed by atoms with Crippen molar-refractivity contribution in [3.63, 3.8) is 0 Å². The Bertz CT molecular complexity index is 684. The highest BCUT2D eigenvalue weighted by Gasteiger charge is 2.09. The first kappa shape index (κ1) is 18.4. The molecule has 0 unspecified atom stereocenters.